The first-order chi connectivity index (χ1) is 8.66. The number of sulfonamides is 1. The van der Waals surface area contributed by atoms with Crippen molar-refractivity contribution in [2.24, 2.45) is 0 Å². The summed E-state index contributed by atoms with van der Waals surface area (Å²) in [5.41, 5.74) is 0.704. The number of H-pyrrole nitrogens is 1. The lowest BCUT2D eigenvalue weighted by molar-refractivity contribution is 0.440. The predicted octanol–water partition coefficient (Wildman–Crippen LogP) is 0.257. The molecule has 0 aromatic carbocycles. The van der Waals surface area contributed by atoms with Crippen molar-refractivity contribution < 1.29 is 8.42 Å². The molecule has 1 aliphatic rings. The Morgan fingerprint density at radius 2 is 2.22 bits per heavy atom. The van der Waals surface area contributed by atoms with Crippen LogP contribution in [-0.4, -0.2) is 54.1 Å². The smallest absolute Gasteiger partial charge is 0.260 e. The van der Waals surface area contributed by atoms with Gasteiger partial charge in [-0.15, -0.1) is 0 Å². The minimum absolute atomic E-state index is 0.232. The van der Waals surface area contributed by atoms with Crippen LogP contribution in [0.5, 0.6) is 0 Å². The van der Waals surface area contributed by atoms with E-state index in [1.165, 1.54) is 4.31 Å². The van der Waals surface area contributed by atoms with Gasteiger partial charge in [-0.05, 0) is 6.54 Å². The molecule has 2 heterocycles. The van der Waals surface area contributed by atoms with Gasteiger partial charge >= 0.3 is 0 Å². The van der Waals surface area contributed by atoms with Crippen LogP contribution < -0.4 is 5.32 Å². The fourth-order valence-corrected chi connectivity index (χ4v) is 4.50. The Bertz CT molecular complexity index is 480. The maximum atomic E-state index is 12.4. The molecule has 1 fully saturated rings. The molecule has 18 heavy (non-hydrogen) atoms. The Kier molecular flexibility index (Phi) is 4.66. The highest BCUT2D eigenvalue weighted by Crippen LogP contribution is 2.21. The van der Waals surface area contributed by atoms with Crippen LogP contribution in [-0.2, 0) is 16.6 Å². The van der Waals surface area contributed by atoms with Crippen molar-refractivity contribution in [3.63, 3.8) is 0 Å². The van der Waals surface area contributed by atoms with Crippen LogP contribution in [0.3, 0.4) is 0 Å². The summed E-state index contributed by atoms with van der Waals surface area (Å²) in [6, 6.07) is 0. The lowest BCUT2D eigenvalue weighted by Gasteiger charge is -2.25. The first kappa shape index (κ1) is 13.9. The van der Waals surface area contributed by atoms with Crippen molar-refractivity contribution >= 4 is 21.8 Å². The summed E-state index contributed by atoms with van der Waals surface area (Å²) in [6.07, 6.45) is 1.58. The number of aromatic nitrogens is 2. The van der Waals surface area contributed by atoms with Crippen molar-refractivity contribution in [1.29, 1.82) is 0 Å². The number of thioether (sulfide) groups is 1. The third kappa shape index (κ3) is 2.87. The Labute approximate surface area is 112 Å². The quantitative estimate of drug-likeness (QED) is 0.813. The van der Waals surface area contributed by atoms with Crippen molar-refractivity contribution in [1.82, 2.24) is 19.8 Å². The van der Waals surface area contributed by atoms with Gasteiger partial charge in [-0.1, -0.05) is 6.92 Å². The van der Waals surface area contributed by atoms with E-state index in [4.69, 9.17) is 0 Å². The number of rotatable bonds is 5. The van der Waals surface area contributed by atoms with Crippen LogP contribution >= 0.6 is 11.8 Å². The molecule has 0 radical (unpaired) electrons. The van der Waals surface area contributed by atoms with Crippen LogP contribution in [0.2, 0.25) is 0 Å². The summed E-state index contributed by atoms with van der Waals surface area (Å²) >= 11 is 1.79. The second-order valence-corrected chi connectivity index (χ2v) is 7.12. The Morgan fingerprint density at radius 3 is 2.89 bits per heavy atom. The fourth-order valence-electron chi connectivity index (χ4n) is 1.82. The number of hydrogen-bond acceptors (Lipinski definition) is 5. The van der Waals surface area contributed by atoms with E-state index in [1.54, 1.807) is 18.0 Å². The van der Waals surface area contributed by atoms with Crippen molar-refractivity contribution in [2.75, 3.05) is 31.1 Å². The average molecular weight is 290 g/mol. The standard InChI is InChI=1S/C10H18N4O2S2/c1-2-11-7-9-8-12-13-10(9)18(15,16)14-3-5-17-6-4-14/h8,11H,2-7H2,1H3,(H,12,13). The highest BCUT2D eigenvalue weighted by Gasteiger charge is 2.29. The monoisotopic (exact) mass is 290 g/mol. The Morgan fingerprint density at radius 1 is 1.50 bits per heavy atom. The molecule has 1 aromatic rings. The van der Waals surface area contributed by atoms with E-state index >= 15 is 0 Å². The number of hydrogen-bond donors (Lipinski definition) is 2. The summed E-state index contributed by atoms with van der Waals surface area (Å²) in [4.78, 5) is 0. The first-order valence-electron chi connectivity index (χ1n) is 5.97. The number of nitrogens with zero attached hydrogens (tertiary/aromatic N) is 2. The SMILES string of the molecule is CCNCc1cn[nH]c1S(=O)(=O)N1CCSCC1. The van der Waals surface area contributed by atoms with Crippen LogP contribution in [0.15, 0.2) is 11.2 Å². The minimum atomic E-state index is -3.42. The molecule has 2 rings (SSSR count). The van der Waals surface area contributed by atoms with Gasteiger partial charge in [0.1, 0.15) is 0 Å². The lowest BCUT2D eigenvalue weighted by atomic mass is 10.3. The van der Waals surface area contributed by atoms with Crippen LogP contribution in [0.4, 0.5) is 0 Å². The molecule has 0 atom stereocenters. The summed E-state index contributed by atoms with van der Waals surface area (Å²) in [7, 11) is -3.42. The molecule has 1 aliphatic heterocycles. The maximum Gasteiger partial charge on any atom is 0.260 e. The maximum absolute atomic E-state index is 12.4. The van der Waals surface area contributed by atoms with Gasteiger partial charge in [-0.3, -0.25) is 5.10 Å². The predicted molar refractivity (Wildman–Crippen MR) is 72.1 cm³/mol. The molecule has 2 N–H and O–H groups in total. The highest BCUT2D eigenvalue weighted by molar-refractivity contribution is 7.99. The van der Waals surface area contributed by atoms with Gasteiger partial charge in [0, 0.05) is 36.7 Å². The lowest BCUT2D eigenvalue weighted by Crippen LogP contribution is -2.38. The average Bonchev–Trinajstić information content (AvgIpc) is 2.86. The van der Waals surface area contributed by atoms with Gasteiger partial charge in [-0.25, -0.2) is 8.42 Å². The van der Waals surface area contributed by atoms with Crippen LogP contribution in [0.25, 0.3) is 0 Å². The van der Waals surface area contributed by atoms with E-state index in [2.05, 4.69) is 15.5 Å². The van der Waals surface area contributed by atoms with Crippen molar-refractivity contribution in [3.05, 3.63) is 11.8 Å². The van der Waals surface area contributed by atoms with Gasteiger partial charge in [0.25, 0.3) is 10.0 Å². The van der Waals surface area contributed by atoms with E-state index in [9.17, 15) is 8.42 Å². The first-order valence-corrected chi connectivity index (χ1v) is 8.56. The largest absolute Gasteiger partial charge is 0.313 e. The fraction of sp³-hybridized carbons (Fsp3) is 0.700. The third-order valence-electron chi connectivity index (χ3n) is 2.81. The zero-order chi connectivity index (χ0) is 13.0. The highest BCUT2D eigenvalue weighted by atomic mass is 32.2. The molecule has 102 valence electrons. The molecular formula is C10H18N4O2S2. The van der Waals surface area contributed by atoms with Gasteiger partial charge in [0.05, 0.1) is 6.20 Å². The summed E-state index contributed by atoms with van der Waals surface area (Å²) < 4.78 is 26.4. The van der Waals surface area contributed by atoms with Crippen LogP contribution in [0.1, 0.15) is 12.5 Å². The molecule has 8 heteroatoms. The zero-order valence-corrected chi connectivity index (χ0v) is 12.0. The van der Waals surface area contributed by atoms with E-state index in [-0.39, 0.29) is 5.03 Å². The molecule has 0 amide bonds. The molecule has 0 unspecified atom stereocenters. The molecule has 6 nitrogen and oxygen atoms in total. The minimum Gasteiger partial charge on any atom is -0.313 e. The molecule has 0 aliphatic carbocycles. The number of nitrogens with one attached hydrogen (secondary N) is 2. The van der Waals surface area contributed by atoms with Gasteiger partial charge in [0.2, 0.25) is 0 Å². The molecule has 0 bridgehead atoms. The zero-order valence-electron chi connectivity index (χ0n) is 10.3. The second-order valence-electron chi connectivity index (χ2n) is 4.02. The van der Waals surface area contributed by atoms with E-state index in [1.807, 2.05) is 6.92 Å². The Balaban J connectivity index is 2.20. The number of aromatic amines is 1. The Hall–Kier alpha value is -0.570. The molecule has 1 aromatic heterocycles. The molecule has 0 spiro atoms. The molecule has 0 saturated carbocycles. The van der Waals surface area contributed by atoms with Gasteiger partial charge < -0.3 is 5.32 Å². The second kappa shape index (κ2) is 6.05. The van der Waals surface area contributed by atoms with E-state index in [0.29, 0.717) is 25.2 Å². The summed E-state index contributed by atoms with van der Waals surface area (Å²) in [5.74, 6) is 1.71. The molecule has 1 saturated heterocycles. The summed E-state index contributed by atoms with van der Waals surface area (Å²) in [5, 5.41) is 9.84. The van der Waals surface area contributed by atoms with Crippen molar-refractivity contribution in [2.45, 2.75) is 18.5 Å². The third-order valence-corrected chi connectivity index (χ3v) is 5.67. The van der Waals surface area contributed by atoms with E-state index < -0.39 is 10.0 Å². The molecular weight excluding hydrogens is 272 g/mol. The summed E-state index contributed by atoms with van der Waals surface area (Å²) in [6.45, 7) is 4.45. The van der Waals surface area contributed by atoms with E-state index in [0.717, 1.165) is 18.1 Å². The topological polar surface area (TPSA) is 78.1 Å². The normalized spacial score (nSPS) is 18.1. The van der Waals surface area contributed by atoms with Gasteiger partial charge in [-0.2, -0.15) is 21.2 Å². The van der Waals surface area contributed by atoms with Gasteiger partial charge in [0.15, 0.2) is 5.03 Å². The van der Waals surface area contributed by atoms with Crippen LogP contribution in [0, 0.1) is 0 Å². The van der Waals surface area contributed by atoms with Crippen molar-refractivity contribution in [3.8, 4) is 0 Å².